The second kappa shape index (κ2) is 4.15. The lowest BCUT2D eigenvalue weighted by molar-refractivity contribution is -0.142. The average molecular weight is 234 g/mol. The van der Waals surface area contributed by atoms with Crippen LogP contribution in [-0.2, 0) is 19.7 Å². The summed E-state index contributed by atoms with van der Waals surface area (Å²) >= 11 is 0. The van der Waals surface area contributed by atoms with Crippen LogP contribution < -0.4 is 0 Å². The molecule has 1 aromatic carbocycles. The Bertz CT molecular complexity index is 414. The van der Waals surface area contributed by atoms with E-state index in [-0.39, 0.29) is 17.5 Å². The second-order valence-electron chi connectivity index (χ2n) is 5.37. The lowest BCUT2D eigenvalue weighted by atomic mass is 9.86. The van der Waals surface area contributed by atoms with Crippen molar-refractivity contribution in [1.29, 1.82) is 0 Å². The van der Waals surface area contributed by atoms with E-state index in [9.17, 15) is 4.79 Å². The molecular weight excluding hydrogens is 216 g/mol. The highest BCUT2D eigenvalue weighted by molar-refractivity contribution is 5.78. The Morgan fingerprint density at radius 2 is 1.82 bits per heavy atom. The van der Waals surface area contributed by atoms with Crippen LogP contribution in [0.1, 0.15) is 38.0 Å². The van der Waals surface area contributed by atoms with Crippen molar-refractivity contribution >= 4 is 5.97 Å². The molecule has 17 heavy (non-hydrogen) atoms. The van der Waals surface area contributed by atoms with Crippen LogP contribution in [0.2, 0.25) is 0 Å². The van der Waals surface area contributed by atoms with E-state index in [1.807, 2.05) is 12.1 Å². The van der Waals surface area contributed by atoms with Gasteiger partial charge in [-0.3, -0.25) is 0 Å². The molecule has 0 unspecified atom stereocenters. The van der Waals surface area contributed by atoms with E-state index in [1.165, 1.54) is 12.7 Å². The summed E-state index contributed by atoms with van der Waals surface area (Å²) in [6.45, 7) is 6.52. The average Bonchev–Trinajstić information content (AvgIpc) is 3.07. The predicted molar refractivity (Wildman–Crippen MR) is 64.8 cm³/mol. The molecule has 1 heterocycles. The van der Waals surface area contributed by atoms with Gasteiger partial charge in [0.15, 0.2) is 6.10 Å². The van der Waals surface area contributed by atoms with Crippen LogP contribution >= 0.6 is 0 Å². The van der Waals surface area contributed by atoms with Crippen LogP contribution in [0.3, 0.4) is 0 Å². The van der Waals surface area contributed by atoms with Gasteiger partial charge in [-0.1, -0.05) is 45.0 Å². The lowest BCUT2D eigenvalue weighted by Gasteiger charge is -2.18. The van der Waals surface area contributed by atoms with Crippen molar-refractivity contribution in [2.24, 2.45) is 0 Å². The van der Waals surface area contributed by atoms with Gasteiger partial charge in [-0.25, -0.2) is 4.79 Å². The summed E-state index contributed by atoms with van der Waals surface area (Å²) in [4.78, 5) is 11.2. The minimum Gasteiger partial charge on any atom is -0.467 e. The first-order valence-corrected chi connectivity index (χ1v) is 5.77. The van der Waals surface area contributed by atoms with Crippen molar-refractivity contribution in [3.05, 3.63) is 35.4 Å². The molecule has 3 nitrogen and oxygen atoms in total. The van der Waals surface area contributed by atoms with E-state index >= 15 is 0 Å². The van der Waals surface area contributed by atoms with Crippen molar-refractivity contribution in [2.45, 2.75) is 38.4 Å². The van der Waals surface area contributed by atoms with Crippen molar-refractivity contribution in [1.82, 2.24) is 0 Å². The highest BCUT2D eigenvalue weighted by Crippen LogP contribution is 2.39. The standard InChI is InChI=1S/C14H18O3/c1-14(2,3)10-7-5-9(6-8-10)11-12(17-11)13(15)16-4/h5-8,11-12H,1-4H3/t11-,12+/m0/s1. The molecule has 0 N–H and O–H groups in total. The number of hydrogen-bond donors (Lipinski definition) is 0. The van der Waals surface area contributed by atoms with E-state index in [1.54, 1.807) is 0 Å². The van der Waals surface area contributed by atoms with Gasteiger partial charge in [-0.15, -0.1) is 0 Å². The van der Waals surface area contributed by atoms with Crippen LogP contribution in [0.4, 0.5) is 0 Å². The molecule has 0 saturated carbocycles. The zero-order valence-corrected chi connectivity index (χ0v) is 10.7. The highest BCUT2D eigenvalue weighted by Gasteiger charge is 2.47. The fourth-order valence-corrected chi connectivity index (χ4v) is 1.83. The Balaban J connectivity index is 2.08. The molecule has 0 spiro atoms. The monoisotopic (exact) mass is 234 g/mol. The van der Waals surface area contributed by atoms with Gasteiger partial charge >= 0.3 is 5.97 Å². The molecule has 0 radical (unpaired) electrons. The fourth-order valence-electron chi connectivity index (χ4n) is 1.83. The Kier molecular flexibility index (Phi) is 2.96. The summed E-state index contributed by atoms with van der Waals surface area (Å²) < 4.78 is 9.95. The third-order valence-corrected chi connectivity index (χ3v) is 3.03. The van der Waals surface area contributed by atoms with Gasteiger partial charge in [0, 0.05) is 0 Å². The van der Waals surface area contributed by atoms with E-state index in [4.69, 9.17) is 4.74 Å². The predicted octanol–water partition coefficient (Wildman–Crippen LogP) is 2.60. The topological polar surface area (TPSA) is 38.8 Å². The zero-order chi connectivity index (χ0) is 12.6. The van der Waals surface area contributed by atoms with Crippen LogP contribution in [-0.4, -0.2) is 19.2 Å². The molecule has 1 aliphatic rings. The molecule has 2 atom stereocenters. The molecule has 1 fully saturated rings. The van der Waals surface area contributed by atoms with Crippen molar-refractivity contribution in [3.8, 4) is 0 Å². The molecule has 1 aliphatic heterocycles. The van der Waals surface area contributed by atoms with Gasteiger partial charge in [-0.05, 0) is 16.5 Å². The Hall–Kier alpha value is -1.35. The number of carbonyl (C=O) groups is 1. The molecule has 0 amide bonds. The number of esters is 1. The molecule has 92 valence electrons. The third kappa shape index (κ3) is 2.50. The SMILES string of the molecule is COC(=O)[C@@H]1O[C@H]1c1ccc(C(C)(C)C)cc1. The van der Waals surface area contributed by atoms with E-state index in [0.717, 1.165) is 5.56 Å². The minimum atomic E-state index is -0.416. The van der Waals surface area contributed by atoms with Gasteiger partial charge in [0.1, 0.15) is 6.10 Å². The summed E-state index contributed by atoms with van der Waals surface area (Å²) in [6, 6.07) is 8.22. The summed E-state index contributed by atoms with van der Waals surface area (Å²) in [5, 5.41) is 0. The maximum absolute atomic E-state index is 11.2. The van der Waals surface area contributed by atoms with E-state index in [0.29, 0.717) is 0 Å². The highest BCUT2D eigenvalue weighted by atomic mass is 16.6. The fraction of sp³-hybridized carbons (Fsp3) is 0.500. The van der Waals surface area contributed by atoms with E-state index < -0.39 is 6.10 Å². The first-order valence-electron chi connectivity index (χ1n) is 5.77. The van der Waals surface area contributed by atoms with Crippen LogP contribution in [0.15, 0.2) is 24.3 Å². The van der Waals surface area contributed by atoms with Crippen molar-refractivity contribution in [3.63, 3.8) is 0 Å². The maximum atomic E-state index is 11.2. The number of benzene rings is 1. The molecular formula is C14H18O3. The molecule has 2 rings (SSSR count). The summed E-state index contributed by atoms with van der Waals surface area (Å²) in [5.74, 6) is -0.296. The summed E-state index contributed by atoms with van der Waals surface area (Å²) in [5.41, 5.74) is 2.45. The second-order valence-corrected chi connectivity index (χ2v) is 5.37. The third-order valence-electron chi connectivity index (χ3n) is 3.03. The smallest absolute Gasteiger partial charge is 0.338 e. The summed E-state index contributed by atoms with van der Waals surface area (Å²) in [7, 11) is 1.38. The van der Waals surface area contributed by atoms with Crippen LogP contribution in [0, 0.1) is 0 Å². The molecule has 3 heteroatoms. The Labute approximate surface area is 102 Å². The molecule has 0 bridgehead atoms. The molecule has 0 aliphatic carbocycles. The van der Waals surface area contributed by atoms with Gasteiger partial charge < -0.3 is 9.47 Å². The summed E-state index contributed by atoms with van der Waals surface area (Å²) in [6.07, 6.45) is -0.544. The van der Waals surface area contributed by atoms with E-state index in [2.05, 4.69) is 37.6 Å². The number of ether oxygens (including phenoxy) is 2. The normalized spacial score (nSPS) is 23.3. The van der Waals surface area contributed by atoms with Gasteiger partial charge in [0.05, 0.1) is 7.11 Å². The number of hydrogen-bond acceptors (Lipinski definition) is 3. The van der Waals surface area contributed by atoms with Gasteiger partial charge in [0.2, 0.25) is 0 Å². The largest absolute Gasteiger partial charge is 0.467 e. The van der Waals surface area contributed by atoms with Crippen LogP contribution in [0.5, 0.6) is 0 Å². The number of methoxy groups -OCH3 is 1. The van der Waals surface area contributed by atoms with Gasteiger partial charge in [-0.2, -0.15) is 0 Å². The molecule has 0 aromatic heterocycles. The number of carbonyl (C=O) groups excluding carboxylic acids is 1. The first kappa shape index (κ1) is 12.1. The lowest BCUT2D eigenvalue weighted by Crippen LogP contribution is -2.11. The van der Waals surface area contributed by atoms with Crippen molar-refractivity contribution < 1.29 is 14.3 Å². The van der Waals surface area contributed by atoms with Crippen LogP contribution in [0.25, 0.3) is 0 Å². The quantitative estimate of drug-likeness (QED) is 0.583. The van der Waals surface area contributed by atoms with Gasteiger partial charge in [0.25, 0.3) is 0 Å². The maximum Gasteiger partial charge on any atom is 0.338 e. The Morgan fingerprint density at radius 1 is 1.24 bits per heavy atom. The van der Waals surface area contributed by atoms with Crippen molar-refractivity contribution in [2.75, 3.05) is 7.11 Å². The number of rotatable bonds is 2. The zero-order valence-electron chi connectivity index (χ0n) is 10.7. The first-order chi connectivity index (χ1) is 7.93. The number of epoxide rings is 1. The minimum absolute atomic E-state index is 0.128. The Morgan fingerprint density at radius 3 is 2.29 bits per heavy atom. The molecule has 1 saturated heterocycles. The molecule has 1 aromatic rings.